The highest BCUT2D eigenvalue weighted by atomic mass is 127. The molecule has 1 heterocycles. The number of aromatic hydroxyl groups is 1. The van der Waals surface area contributed by atoms with Crippen molar-refractivity contribution in [1.29, 1.82) is 0 Å². The summed E-state index contributed by atoms with van der Waals surface area (Å²) in [7, 11) is 0. The zero-order valence-electron chi connectivity index (χ0n) is 14.7. The number of phenolic OH excluding ortho intramolecular Hbond substituents is 1. The summed E-state index contributed by atoms with van der Waals surface area (Å²) < 4.78 is 0.828. The van der Waals surface area contributed by atoms with Crippen LogP contribution in [0.15, 0.2) is 12.1 Å². The van der Waals surface area contributed by atoms with Crippen LogP contribution in [0, 0.1) is 15.4 Å². The van der Waals surface area contributed by atoms with E-state index in [2.05, 4.69) is 48.3 Å². The van der Waals surface area contributed by atoms with Gasteiger partial charge in [-0.05, 0) is 48.6 Å². The van der Waals surface area contributed by atoms with Gasteiger partial charge in [0.15, 0.2) is 0 Å². The number of rotatable bonds is 5. The first kappa shape index (κ1) is 19.5. The number of nitrogens with one attached hydrogen (secondary N) is 2. The van der Waals surface area contributed by atoms with Gasteiger partial charge in [-0.2, -0.15) is 0 Å². The number of quaternary nitrogens is 2. The van der Waals surface area contributed by atoms with Crippen molar-refractivity contribution in [3.05, 3.63) is 26.8 Å². The fourth-order valence-corrected chi connectivity index (χ4v) is 4.39. The van der Waals surface area contributed by atoms with Gasteiger partial charge in [-0.3, -0.25) is 0 Å². The fourth-order valence-electron chi connectivity index (χ4n) is 3.71. The van der Waals surface area contributed by atoms with E-state index < -0.39 is 0 Å². The van der Waals surface area contributed by atoms with Crippen LogP contribution >= 0.6 is 22.6 Å². The Morgan fingerprint density at radius 3 is 2.50 bits per heavy atom. The Morgan fingerprint density at radius 1 is 1.25 bits per heavy atom. The molecule has 1 aromatic rings. The van der Waals surface area contributed by atoms with Crippen LogP contribution in [0.1, 0.15) is 37.8 Å². The Balaban J connectivity index is 2.03. The monoisotopic (exact) mass is 444 g/mol. The predicted octanol–water partition coefficient (Wildman–Crippen LogP) is -0.187. The van der Waals surface area contributed by atoms with Gasteiger partial charge in [0.25, 0.3) is 0 Å². The average Bonchev–Trinajstić information content (AvgIpc) is 2.59. The molecule has 132 valence electrons. The van der Waals surface area contributed by atoms with E-state index in [1.165, 1.54) is 30.8 Å². The molecule has 0 radical (unpaired) electrons. The third-order valence-corrected chi connectivity index (χ3v) is 5.90. The lowest BCUT2D eigenvalue weighted by molar-refractivity contribution is -0.961. The molecule has 0 bridgehead atoms. The predicted molar refractivity (Wildman–Crippen MR) is 104 cm³/mol. The Morgan fingerprint density at radius 2 is 1.92 bits per heavy atom. The molecule has 4 N–H and O–H groups in total. The second-order valence-electron chi connectivity index (χ2n) is 6.49. The highest BCUT2D eigenvalue weighted by molar-refractivity contribution is 14.1. The van der Waals surface area contributed by atoms with Crippen LogP contribution in [0.4, 0.5) is 0 Å². The molecule has 0 amide bonds. The smallest absolute Gasteiger partial charge is 0.137 e. The number of aliphatic hydroxyl groups excluding tert-OH is 1. The SMILES string of the molecule is CC[NH+](CC)C1CC[NH+](Cc2cc(C#CCO)cc(I)c2O)CC1. The molecule has 1 saturated heterocycles. The number of likely N-dealkylation sites (tertiary alicyclic amines) is 1. The van der Waals surface area contributed by atoms with Crippen LogP contribution in [-0.2, 0) is 6.54 Å². The quantitative estimate of drug-likeness (QED) is 0.376. The summed E-state index contributed by atoms with van der Waals surface area (Å²) in [6.45, 7) is 10.00. The van der Waals surface area contributed by atoms with Gasteiger partial charge < -0.3 is 20.0 Å². The molecule has 1 aliphatic heterocycles. The van der Waals surface area contributed by atoms with E-state index >= 15 is 0 Å². The minimum atomic E-state index is -0.140. The second-order valence-corrected chi connectivity index (χ2v) is 7.65. The molecule has 1 aromatic carbocycles. The van der Waals surface area contributed by atoms with Gasteiger partial charge in [-0.25, -0.2) is 0 Å². The van der Waals surface area contributed by atoms with Crippen molar-refractivity contribution in [2.24, 2.45) is 0 Å². The molecule has 0 unspecified atom stereocenters. The Labute approximate surface area is 159 Å². The summed E-state index contributed by atoms with van der Waals surface area (Å²) >= 11 is 2.15. The maximum absolute atomic E-state index is 10.4. The van der Waals surface area contributed by atoms with Crippen molar-refractivity contribution in [3.8, 4) is 17.6 Å². The van der Waals surface area contributed by atoms with Gasteiger partial charge in [0.05, 0.1) is 41.4 Å². The van der Waals surface area contributed by atoms with Crippen LogP contribution in [0.2, 0.25) is 0 Å². The highest BCUT2D eigenvalue weighted by Crippen LogP contribution is 2.25. The first-order valence-corrected chi connectivity index (χ1v) is 9.96. The third kappa shape index (κ3) is 5.09. The summed E-state index contributed by atoms with van der Waals surface area (Å²) in [5.41, 5.74) is 1.83. The Bertz CT molecular complexity index is 597. The topological polar surface area (TPSA) is 49.3 Å². The van der Waals surface area contributed by atoms with Crippen molar-refractivity contribution in [3.63, 3.8) is 0 Å². The summed E-state index contributed by atoms with van der Waals surface area (Å²) in [6.07, 6.45) is 2.52. The molecule has 0 saturated carbocycles. The molecule has 1 fully saturated rings. The fraction of sp³-hybridized carbons (Fsp3) is 0.579. The minimum Gasteiger partial charge on any atom is -0.506 e. The number of hydrogen-bond donors (Lipinski definition) is 4. The van der Waals surface area contributed by atoms with Gasteiger partial charge in [-0.1, -0.05) is 11.8 Å². The van der Waals surface area contributed by atoms with Crippen LogP contribution in [0.3, 0.4) is 0 Å². The second kappa shape index (κ2) is 9.62. The number of piperidine rings is 1. The number of halogens is 1. The first-order chi connectivity index (χ1) is 11.6. The van der Waals surface area contributed by atoms with Gasteiger partial charge >= 0.3 is 0 Å². The maximum atomic E-state index is 10.4. The van der Waals surface area contributed by atoms with Crippen LogP contribution in [-0.4, -0.2) is 49.0 Å². The van der Waals surface area contributed by atoms with Crippen LogP contribution in [0.5, 0.6) is 5.75 Å². The average molecular weight is 444 g/mol. The number of hydrogen-bond acceptors (Lipinski definition) is 2. The number of aliphatic hydroxyl groups is 1. The summed E-state index contributed by atoms with van der Waals surface area (Å²) in [5.74, 6) is 6.02. The van der Waals surface area contributed by atoms with Crippen LogP contribution < -0.4 is 9.80 Å². The van der Waals surface area contributed by atoms with Gasteiger partial charge in [0.1, 0.15) is 18.9 Å². The van der Waals surface area contributed by atoms with E-state index in [4.69, 9.17) is 5.11 Å². The van der Waals surface area contributed by atoms with Gasteiger partial charge in [0.2, 0.25) is 0 Å². The molecule has 0 spiro atoms. The van der Waals surface area contributed by atoms with Crippen molar-refractivity contribution in [2.45, 2.75) is 39.3 Å². The van der Waals surface area contributed by atoms with E-state index in [9.17, 15) is 5.11 Å². The van der Waals surface area contributed by atoms with Crippen molar-refractivity contribution in [2.75, 3.05) is 32.8 Å². The Kier molecular flexibility index (Phi) is 7.82. The largest absolute Gasteiger partial charge is 0.506 e. The molecule has 0 atom stereocenters. The molecular formula is C19H29IN2O2+2. The molecule has 2 rings (SSSR count). The van der Waals surface area contributed by atoms with Crippen molar-refractivity contribution >= 4 is 22.6 Å². The number of phenols is 1. The van der Waals surface area contributed by atoms with Crippen molar-refractivity contribution in [1.82, 2.24) is 0 Å². The molecule has 0 aromatic heterocycles. The zero-order valence-corrected chi connectivity index (χ0v) is 16.8. The molecule has 24 heavy (non-hydrogen) atoms. The molecule has 4 nitrogen and oxygen atoms in total. The van der Waals surface area contributed by atoms with E-state index in [0.29, 0.717) is 5.75 Å². The van der Waals surface area contributed by atoms with E-state index in [1.807, 2.05) is 12.1 Å². The van der Waals surface area contributed by atoms with Crippen LogP contribution in [0.25, 0.3) is 0 Å². The third-order valence-electron chi connectivity index (χ3n) is 5.07. The number of benzene rings is 1. The first-order valence-electron chi connectivity index (χ1n) is 8.88. The molecule has 5 heteroatoms. The lowest BCUT2D eigenvalue weighted by Gasteiger charge is -2.33. The minimum absolute atomic E-state index is 0.140. The Hall–Kier alpha value is -0.810. The molecule has 0 aliphatic carbocycles. The maximum Gasteiger partial charge on any atom is 0.137 e. The lowest BCUT2D eigenvalue weighted by Crippen LogP contribution is -3.19. The van der Waals surface area contributed by atoms with Gasteiger partial charge in [-0.15, -0.1) is 0 Å². The normalized spacial score (nSPS) is 20.7. The molecule has 1 aliphatic rings. The summed E-state index contributed by atoms with van der Waals surface area (Å²) in [6, 6.07) is 4.63. The lowest BCUT2D eigenvalue weighted by atomic mass is 10.0. The highest BCUT2D eigenvalue weighted by Gasteiger charge is 2.28. The van der Waals surface area contributed by atoms with Crippen molar-refractivity contribution < 1.29 is 20.0 Å². The van der Waals surface area contributed by atoms with E-state index in [0.717, 1.165) is 40.4 Å². The summed E-state index contributed by atoms with van der Waals surface area (Å²) in [4.78, 5) is 3.25. The van der Waals surface area contributed by atoms with E-state index in [-0.39, 0.29) is 6.61 Å². The van der Waals surface area contributed by atoms with E-state index in [1.54, 1.807) is 4.90 Å². The van der Waals surface area contributed by atoms with Gasteiger partial charge in [0, 0.05) is 18.4 Å². The standard InChI is InChI=1S/C19H27IN2O2/c1-3-22(4-2)17-7-9-21(10-8-17)14-16-12-15(6-5-11-23)13-18(20)19(16)24/h12-13,17,23-24H,3-4,7-11,14H2,1-2H3/p+2. The molecular weight excluding hydrogens is 415 g/mol. The zero-order chi connectivity index (χ0) is 17.5. The summed E-state index contributed by atoms with van der Waals surface area (Å²) in [5, 5.41) is 19.2.